The smallest absolute Gasteiger partial charge is 0.334 e. The molecule has 100 valence electrons. The molecule has 1 aliphatic carbocycles. The van der Waals surface area contributed by atoms with Crippen LogP contribution in [0.4, 0.5) is 0 Å². The molecule has 0 aromatic heterocycles. The normalized spacial score (nSPS) is 27.1. The zero-order valence-corrected chi connectivity index (χ0v) is 11.2. The first-order chi connectivity index (χ1) is 8.06. The molecule has 17 heavy (non-hydrogen) atoms. The summed E-state index contributed by atoms with van der Waals surface area (Å²) in [6.07, 6.45) is 4.29. The van der Waals surface area contributed by atoms with Crippen molar-refractivity contribution in [2.75, 3.05) is 20.2 Å². The van der Waals surface area contributed by atoms with E-state index in [0.717, 1.165) is 0 Å². The largest absolute Gasteiger partial charge is 0.479 e. The van der Waals surface area contributed by atoms with Crippen LogP contribution in [0, 0.1) is 5.92 Å². The molecule has 3 atom stereocenters. The van der Waals surface area contributed by atoms with E-state index in [2.05, 4.69) is 11.8 Å². The molecule has 1 rings (SSSR count). The molecule has 1 saturated carbocycles. The number of aliphatic carboxylic acids is 1. The summed E-state index contributed by atoms with van der Waals surface area (Å²) >= 11 is 0. The van der Waals surface area contributed by atoms with Crippen molar-refractivity contribution in [2.24, 2.45) is 5.92 Å². The van der Waals surface area contributed by atoms with E-state index < -0.39 is 12.1 Å². The number of nitrogens with zero attached hydrogens (tertiary/aromatic N) is 1. The number of hydrogen-bond acceptors (Lipinski definition) is 3. The van der Waals surface area contributed by atoms with Crippen LogP contribution in [-0.2, 0) is 9.53 Å². The summed E-state index contributed by atoms with van der Waals surface area (Å²) in [5, 5.41) is 9.07. The Morgan fingerprint density at radius 3 is 2.65 bits per heavy atom. The Balaban J connectivity index is 2.50. The van der Waals surface area contributed by atoms with Gasteiger partial charge in [0.05, 0.1) is 0 Å². The van der Waals surface area contributed by atoms with Crippen LogP contribution in [0.2, 0.25) is 0 Å². The average molecular weight is 243 g/mol. The lowest BCUT2D eigenvalue weighted by Gasteiger charge is -2.37. The summed E-state index contributed by atoms with van der Waals surface area (Å²) in [5.41, 5.74) is 0. The van der Waals surface area contributed by atoms with Crippen LogP contribution in [0.5, 0.6) is 0 Å². The van der Waals surface area contributed by atoms with Gasteiger partial charge in [-0.2, -0.15) is 0 Å². The molecule has 1 fully saturated rings. The first-order valence-electron chi connectivity index (χ1n) is 6.60. The average Bonchev–Trinajstić information content (AvgIpc) is 2.28. The third kappa shape index (κ3) is 4.28. The van der Waals surface area contributed by atoms with E-state index in [1.54, 1.807) is 0 Å². The number of likely N-dealkylation sites (N-methyl/N-ethyl adjacent to an activating group) is 1. The fourth-order valence-electron chi connectivity index (χ4n) is 2.75. The highest BCUT2D eigenvalue weighted by Gasteiger charge is 2.28. The van der Waals surface area contributed by atoms with E-state index in [9.17, 15) is 4.79 Å². The van der Waals surface area contributed by atoms with E-state index in [0.29, 0.717) is 25.1 Å². The molecule has 1 N–H and O–H groups in total. The second-order valence-electron chi connectivity index (χ2n) is 5.05. The van der Waals surface area contributed by atoms with Crippen molar-refractivity contribution in [3.63, 3.8) is 0 Å². The van der Waals surface area contributed by atoms with Gasteiger partial charge in [0.25, 0.3) is 0 Å². The van der Waals surface area contributed by atoms with Gasteiger partial charge in [0.15, 0.2) is 6.10 Å². The zero-order chi connectivity index (χ0) is 12.8. The molecule has 4 heteroatoms. The summed E-state index contributed by atoms with van der Waals surface area (Å²) in [4.78, 5) is 13.2. The van der Waals surface area contributed by atoms with Crippen LogP contribution >= 0.6 is 0 Å². The standard InChI is InChI=1S/C13H25NO3/c1-4-17-12(13(15)16)9-14(3)11-8-6-5-7-10(11)2/h10-12H,4-9H2,1-3H3,(H,15,16). The molecule has 0 radical (unpaired) electrons. The minimum atomic E-state index is -0.859. The van der Waals surface area contributed by atoms with Gasteiger partial charge in [-0.1, -0.05) is 19.8 Å². The van der Waals surface area contributed by atoms with Crippen molar-refractivity contribution >= 4 is 5.97 Å². The van der Waals surface area contributed by atoms with E-state index >= 15 is 0 Å². The number of carboxylic acids is 1. The van der Waals surface area contributed by atoms with Gasteiger partial charge in [-0.25, -0.2) is 4.79 Å². The van der Waals surface area contributed by atoms with Crippen LogP contribution in [0.3, 0.4) is 0 Å². The monoisotopic (exact) mass is 243 g/mol. The molecule has 4 nitrogen and oxygen atoms in total. The van der Waals surface area contributed by atoms with Gasteiger partial charge in [-0.3, -0.25) is 4.90 Å². The third-order valence-corrected chi connectivity index (χ3v) is 3.73. The van der Waals surface area contributed by atoms with Crippen LogP contribution in [0.1, 0.15) is 39.5 Å². The van der Waals surface area contributed by atoms with Gasteiger partial charge in [-0.15, -0.1) is 0 Å². The quantitative estimate of drug-likeness (QED) is 0.775. The van der Waals surface area contributed by atoms with Gasteiger partial charge in [0.1, 0.15) is 0 Å². The molecular formula is C13H25NO3. The topological polar surface area (TPSA) is 49.8 Å². The summed E-state index contributed by atoms with van der Waals surface area (Å²) in [6.45, 7) is 5.03. The van der Waals surface area contributed by atoms with E-state index in [1.807, 2.05) is 14.0 Å². The van der Waals surface area contributed by atoms with Crippen molar-refractivity contribution < 1.29 is 14.6 Å². The lowest BCUT2D eigenvalue weighted by Crippen LogP contribution is -2.45. The van der Waals surface area contributed by atoms with Crippen LogP contribution < -0.4 is 0 Å². The summed E-state index contributed by atoms with van der Waals surface area (Å²) in [5.74, 6) is -0.202. The summed E-state index contributed by atoms with van der Waals surface area (Å²) < 4.78 is 5.26. The van der Waals surface area contributed by atoms with E-state index in [-0.39, 0.29) is 0 Å². The Morgan fingerprint density at radius 1 is 1.47 bits per heavy atom. The highest BCUT2D eigenvalue weighted by molar-refractivity contribution is 5.72. The van der Waals surface area contributed by atoms with Crippen LogP contribution in [0.25, 0.3) is 0 Å². The maximum atomic E-state index is 11.0. The lowest BCUT2D eigenvalue weighted by atomic mass is 9.85. The maximum Gasteiger partial charge on any atom is 0.334 e. The summed E-state index contributed by atoms with van der Waals surface area (Å²) in [6, 6.07) is 0.506. The minimum absolute atomic E-state index is 0.449. The van der Waals surface area contributed by atoms with Crippen LogP contribution in [-0.4, -0.2) is 48.3 Å². The fourth-order valence-corrected chi connectivity index (χ4v) is 2.75. The molecule has 0 amide bonds. The van der Waals surface area contributed by atoms with Gasteiger partial charge in [-0.05, 0) is 32.7 Å². The number of rotatable bonds is 6. The summed E-state index contributed by atoms with van der Waals surface area (Å²) in [7, 11) is 2.02. The predicted molar refractivity (Wildman–Crippen MR) is 67.1 cm³/mol. The third-order valence-electron chi connectivity index (χ3n) is 3.73. The molecule has 0 heterocycles. The van der Waals surface area contributed by atoms with Crippen molar-refractivity contribution in [3.8, 4) is 0 Å². The fraction of sp³-hybridized carbons (Fsp3) is 0.923. The molecule has 3 unspecified atom stereocenters. The van der Waals surface area contributed by atoms with Crippen molar-refractivity contribution in [1.82, 2.24) is 4.90 Å². The molecule has 0 saturated heterocycles. The Hall–Kier alpha value is -0.610. The second-order valence-corrected chi connectivity index (χ2v) is 5.05. The second kappa shape index (κ2) is 6.97. The molecule has 0 spiro atoms. The van der Waals surface area contributed by atoms with E-state index in [1.165, 1.54) is 25.7 Å². The highest BCUT2D eigenvalue weighted by atomic mass is 16.5. The SMILES string of the molecule is CCOC(CN(C)C1CCCCC1C)C(=O)O. The molecule has 0 aromatic carbocycles. The lowest BCUT2D eigenvalue weighted by molar-refractivity contribution is -0.151. The van der Waals surface area contributed by atoms with Gasteiger partial charge < -0.3 is 9.84 Å². The number of carboxylic acid groups (broad SMARTS) is 1. The van der Waals surface area contributed by atoms with E-state index in [4.69, 9.17) is 9.84 Å². The molecule has 0 bridgehead atoms. The van der Waals surface area contributed by atoms with Crippen LogP contribution in [0.15, 0.2) is 0 Å². The zero-order valence-electron chi connectivity index (χ0n) is 11.2. The Morgan fingerprint density at radius 2 is 2.12 bits per heavy atom. The minimum Gasteiger partial charge on any atom is -0.479 e. The van der Waals surface area contributed by atoms with Crippen molar-refractivity contribution in [3.05, 3.63) is 0 Å². The Kier molecular flexibility index (Phi) is 5.92. The first kappa shape index (κ1) is 14.5. The number of hydrogen-bond donors (Lipinski definition) is 1. The molecular weight excluding hydrogens is 218 g/mol. The highest BCUT2D eigenvalue weighted by Crippen LogP contribution is 2.27. The van der Waals surface area contributed by atoms with Gasteiger partial charge in [0.2, 0.25) is 0 Å². The molecule has 0 aromatic rings. The van der Waals surface area contributed by atoms with Crippen molar-refractivity contribution in [1.29, 1.82) is 0 Å². The maximum absolute atomic E-state index is 11.0. The first-order valence-corrected chi connectivity index (χ1v) is 6.60. The van der Waals surface area contributed by atoms with Crippen molar-refractivity contribution in [2.45, 2.75) is 51.7 Å². The predicted octanol–water partition coefficient (Wildman–Crippen LogP) is 1.99. The molecule has 0 aliphatic heterocycles. The number of carbonyl (C=O) groups is 1. The molecule has 1 aliphatic rings. The van der Waals surface area contributed by atoms with Gasteiger partial charge >= 0.3 is 5.97 Å². The van der Waals surface area contributed by atoms with Gasteiger partial charge in [0, 0.05) is 19.2 Å². The Labute approximate surface area is 104 Å². The number of ether oxygens (including phenoxy) is 1. The Bertz CT molecular complexity index is 245.